The number of rotatable bonds is 7. The van der Waals surface area contributed by atoms with Gasteiger partial charge in [-0.05, 0) is 55.3 Å². The van der Waals surface area contributed by atoms with Crippen molar-refractivity contribution in [1.82, 2.24) is 14.7 Å². The molecule has 140 valence electrons. The average Bonchev–Trinajstić information content (AvgIpc) is 3.07. The minimum absolute atomic E-state index is 0.274. The van der Waals surface area contributed by atoms with E-state index in [1.54, 1.807) is 18.2 Å². The average molecular weight is 423 g/mol. The summed E-state index contributed by atoms with van der Waals surface area (Å²) >= 11 is 13.2. The molecule has 0 saturated carbocycles. The van der Waals surface area contributed by atoms with Crippen LogP contribution in [-0.4, -0.2) is 15.9 Å². The Balaban J connectivity index is 1.52. The van der Waals surface area contributed by atoms with Crippen LogP contribution >= 0.6 is 34.7 Å². The van der Waals surface area contributed by atoms with Crippen LogP contribution in [0.15, 0.2) is 48.2 Å². The van der Waals surface area contributed by atoms with E-state index in [0.717, 1.165) is 29.9 Å². The van der Waals surface area contributed by atoms with Crippen LogP contribution in [0.25, 0.3) is 6.08 Å². The lowest BCUT2D eigenvalue weighted by Crippen LogP contribution is -2.14. The van der Waals surface area contributed by atoms with Crippen LogP contribution in [0.1, 0.15) is 18.3 Å². The molecule has 8 heteroatoms. The fraction of sp³-hybridized carbons (Fsp3) is 0.158. The maximum atomic E-state index is 12.9. The largest absolute Gasteiger partial charge is 0.388 e. The fourth-order valence-corrected chi connectivity index (χ4v) is 3.24. The summed E-state index contributed by atoms with van der Waals surface area (Å²) in [6.07, 6.45) is 2.70. The molecule has 0 aliphatic carbocycles. The number of halogens is 3. The number of aromatic nitrogens is 2. The van der Waals surface area contributed by atoms with Crippen molar-refractivity contribution in [1.29, 1.82) is 0 Å². The molecule has 0 saturated heterocycles. The Morgan fingerprint density at radius 3 is 2.67 bits per heavy atom. The standard InChI is InChI=1S/C19H17Cl2FN4S/c1-12(23-9-8-13-2-7-16(20)17(21)11-13)10-18-25-19(27-26-18)24-15-5-3-14(22)4-6-15/h2-7,10-11,23H,8-9H2,1H3,(H,24,25,26)/b12-10+. The molecule has 0 bridgehead atoms. The maximum Gasteiger partial charge on any atom is 0.207 e. The van der Waals surface area contributed by atoms with Gasteiger partial charge in [0.25, 0.3) is 0 Å². The van der Waals surface area contributed by atoms with Crippen LogP contribution < -0.4 is 10.6 Å². The molecule has 27 heavy (non-hydrogen) atoms. The molecule has 0 fully saturated rings. The van der Waals surface area contributed by atoms with Gasteiger partial charge in [-0.3, -0.25) is 0 Å². The minimum Gasteiger partial charge on any atom is -0.388 e. The van der Waals surface area contributed by atoms with E-state index in [1.807, 2.05) is 25.1 Å². The van der Waals surface area contributed by atoms with Crippen molar-refractivity contribution in [3.8, 4) is 0 Å². The Hall–Kier alpha value is -2.15. The molecule has 0 atom stereocenters. The monoisotopic (exact) mass is 422 g/mol. The summed E-state index contributed by atoms with van der Waals surface area (Å²) < 4.78 is 17.2. The molecular weight excluding hydrogens is 406 g/mol. The molecule has 0 radical (unpaired) electrons. The zero-order chi connectivity index (χ0) is 19.2. The van der Waals surface area contributed by atoms with Gasteiger partial charge in [-0.25, -0.2) is 4.39 Å². The number of hydrogen-bond donors (Lipinski definition) is 2. The first-order valence-electron chi connectivity index (χ1n) is 8.22. The normalized spacial score (nSPS) is 11.5. The Bertz CT molecular complexity index is 941. The van der Waals surface area contributed by atoms with E-state index in [-0.39, 0.29) is 5.82 Å². The van der Waals surface area contributed by atoms with Gasteiger partial charge in [0.2, 0.25) is 5.13 Å². The van der Waals surface area contributed by atoms with Gasteiger partial charge in [-0.1, -0.05) is 29.3 Å². The van der Waals surface area contributed by atoms with E-state index < -0.39 is 0 Å². The third-order valence-electron chi connectivity index (χ3n) is 3.68. The Labute approximate surface area is 171 Å². The quantitative estimate of drug-likeness (QED) is 0.495. The molecule has 0 aliphatic heterocycles. The number of anilines is 2. The third-order valence-corrected chi connectivity index (χ3v) is 5.07. The number of benzene rings is 2. The first-order valence-corrected chi connectivity index (χ1v) is 9.75. The highest BCUT2D eigenvalue weighted by Crippen LogP contribution is 2.23. The summed E-state index contributed by atoms with van der Waals surface area (Å²) in [5.74, 6) is 0.341. The van der Waals surface area contributed by atoms with E-state index in [2.05, 4.69) is 20.0 Å². The maximum absolute atomic E-state index is 12.9. The van der Waals surface area contributed by atoms with Crippen LogP contribution in [-0.2, 0) is 6.42 Å². The Kier molecular flexibility index (Phi) is 6.66. The predicted octanol–water partition coefficient (Wildman–Crippen LogP) is 5.92. The second-order valence-electron chi connectivity index (χ2n) is 5.84. The van der Waals surface area contributed by atoms with E-state index in [0.29, 0.717) is 21.0 Å². The molecule has 2 aromatic carbocycles. The van der Waals surface area contributed by atoms with Gasteiger partial charge in [-0.2, -0.15) is 9.36 Å². The Morgan fingerprint density at radius 2 is 1.93 bits per heavy atom. The van der Waals surface area contributed by atoms with E-state index in [1.165, 1.54) is 23.7 Å². The van der Waals surface area contributed by atoms with Crippen molar-refractivity contribution < 1.29 is 4.39 Å². The van der Waals surface area contributed by atoms with Crippen molar-refractivity contribution in [2.45, 2.75) is 13.3 Å². The SMILES string of the molecule is C/C(=C\c1nsc(Nc2ccc(F)cc2)n1)NCCc1ccc(Cl)c(Cl)c1. The van der Waals surface area contributed by atoms with Crippen LogP contribution in [0.2, 0.25) is 10.0 Å². The molecule has 1 heterocycles. The molecule has 3 rings (SSSR count). The Morgan fingerprint density at radius 1 is 1.15 bits per heavy atom. The molecule has 4 nitrogen and oxygen atoms in total. The summed E-state index contributed by atoms with van der Waals surface area (Å²) in [6.45, 7) is 2.72. The number of nitrogens with one attached hydrogen (secondary N) is 2. The smallest absolute Gasteiger partial charge is 0.207 e. The van der Waals surface area contributed by atoms with E-state index >= 15 is 0 Å². The van der Waals surface area contributed by atoms with Gasteiger partial charge < -0.3 is 10.6 Å². The summed E-state index contributed by atoms with van der Waals surface area (Å²) in [4.78, 5) is 4.41. The molecule has 1 aromatic heterocycles. The predicted molar refractivity (Wildman–Crippen MR) is 111 cm³/mol. The fourth-order valence-electron chi connectivity index (χ4n) is 2.34. The highest BCUT2D eigenvalue weighted by atomic mass is 35.5. The molecule has 0 aliphatic rings. The van der Waals surface area contributed by atoms with Crippen LogP contribution in [0.3, 0.4) is 0 Å². The first-order chi connectivity index (χ1) is 13.0. The number of allylic oxidation sites excluding steroid dienone is 1. The van der Waals surface area contributed by atoms with Crippen molar-refractivity contribution in [2.24, 2.45) is 0 Å². The summed E-state index contributed by atoms with van der Waals surface area (Å²) in [5, 5.41) is 8.20. The number of hydrogen-bond acceptors (Lipinski definition) is 5. The molecule has 2 N–H and O–H groups in total. The van der Waals surface area contributed by atoms with Crippen molar-refractivity contribution in [3.63, 3.8) is 0 Å². The van der Waals surface area contributed by atoms with Gasteiger partial charge >= 0.3 is 0 Å². The summed E-state index contributed by atoms with van der Waals surface area (Å²) in [5.41, 5.74) is 2.84. The topological polar surface area (TPSA) is 49.8 Å². The minimum atomic E-state index is -0.274. The van der Waals surface area contributed by atoms with Crippen molar-refractivity contribution in [2.75, 3.05) is 11.9 Å². The molecule has 0 unspecified atom stereocenters. The molecule has 3 aromatic rings. The highest BCUT2D eigenvalue weighted by Gasteiger charge is 2.04. The molecule has 0 spiro atoms. The third kappa shape index (κ3) is 5.92. The second-order valence-corrected chi connectivity index (χ2v) is 7.41. The molecule has 0 amide bonds. The first kappa shape index (κ1) is 19.6. The highest BCUT2D eigenvalue weighted by molar-refractivity contribution is 7.09. The second kappa shape index (κ2) is 9.17. The van der Waals surface area contributed by atoms with Gasteiger partial charge in [0.1, 0.15) is 5.82 Å². The van der Waals surface area contributed by atoms with Gasteiger partial charge in [0.15, 0.2) is 5.82 Å². The van der Waals surface area contributed by atoms with Gasteiger partial charge in [0.05, 0.1) is 10.0 Å². The van der Waals surface area contributed by atoms with Crippen LogP contribution in [0.4, 0.5) is 15.2 Å². The lowest BCUT2D eigenvalue weighted by molar-refractivity contribution is 0.628. The van der Waals surface area contributed by atoms with Gasteiger partial charge in [-0.15, -0.1) is 0 Å². The lowest BCUT2D eigenvalue weighted by atomic mass is 10.1. The zero-order valence-electron chi connectivity index (χ0n) is 14.5. The van der Waals surface area contributed by atoms with Gasteiger partial charge in [0, 0.05) is 35.5 Å². The van der Waals surface area contributed by atoms with E-state index in [4.69, 9.17) is 23.2 Å². The zero-order valence-corrected chi connectivity index (χ0v) is 16.8. The van der Waals surface area contributed by atoms with Crippen LogP contribution in [0.5, 0.6) is 0 Å². The summed E-state index contributed by atoms with van der Waals surface area (Å²) in [7, 11) is 0. The lowest BCUT2D eigenvalue weighted by Gasteiger charge is -2.07. The van der Waals surface area contributed by atoms with E-state index in [9.17, 15) is 4.39 Å². The van der Waals surface area contributed by atoms with Crippen molar-refractivity contribution in [3.05, 3.63) is 75.4 Å². The van der Waals surface area contributed by atoms with Crippen LogP contribution in [0, 0.1) is 5.82 Å². The molecular formula is C19H17Cl2FN4S. The van der Waals surface area contributed by atoms with Crippen molar-refractivity contribution >= 4 is 51.6 Å². The number of nitrogens with zero attached hydrogens (tertiary/aromatic N) is 2. The summed E-state index contributed by atoms with van der Waals surface area (Å²) in [6, 6.07) is 11.7.